The van der Waals surface area contributed by atoms with Crippen LogP contribution in [0.25, 0.3) is 0 Å². The van der Waals surface area contributed by atoms with Crippen LogP contribution in [0.3, 0.4) is 0 Å². The van der Waals surface area contributed by atoms with Crippen LogP contribution in [0, 0.1) is 0 Å². The van der Waals surface area contributed by atoms with Crippen LogP contribution in [0.15, 0.2) is 30.3 Å². The van der Waals surface area contributed by atoms with E-state index < -0.39 is 0 Å². The molecule has 1 aliphatic rings. The van der Waals surface area contributed by atoms with E-state index in [1.165, 1.54) is 5.56 Å². The Balaban J connectivity index is 1.97. The highest BCUT2D eigenvalue weighted by atomic mass is 16.5. The van der Waals surface area contributed by atoms with Crippen LogP contribution in [0.4, 0.5) is 0 Å². The molecule has 0 radical (unpaired) electrons. The van der Waals surface area contributed by atoms with Gasteiger partial charge < -0.3 is 9.84 Å². The molecule has 1 aromatic carbocycles. The third-order valence-corrected chi connectivity index (χ3v) is 3.07. The number of hydrogen-bond acceptors (Lipinski definition) is 3. The molecule has 3 heteroatoms. The second-order valence-corrected chi connectivity index (χ2v) is 4.40. The maximum atomic E-state index is 9.11. The van der Waals surface area contributed by atoms with Crippen molar-refractivity contribution in [1.29, 1.82) is 0 Å². The minimum atomic E-state index is -0.0279. The first-order valence-corrected chi connectivity index (χ1v) is 5.80. The Morgan fingerprint density at radius 1 is 1.38 bits per heavy atom. The van der Waals surface area contributed by atoms with Crippen molar-refractivity contribution in [3.63, 3.8) is 0 Å². The molecule has 2 rings (SSSR count). The van der Waals surface area contributed by atoms with Crippen molar-refractivity contribution < 1.29 is 9.84 Å². The molecule has 1 aromatic rings. The highest BCUT2D eigenvalue weighted by Gasteiger charge is 2.25. The van der Waals surface area contributed by atoms with E-state index in [1.54, 1.807) is 0 Å². The quantitative estimate of drug-likeness (QED) is 0.834. The molecule has 1 N–H and O–H groups in total. The number of morpholine rings is 1. The van der Waals surface area contributed by atoms with Gasteiger partial charge in [-0.2, -0.15) is 0 Å². The number of hydrogen-bond donors (Lipinski definition) is 1. The van der Waals surface area contributed by atoms with Crippen molar-refractivity contribution in [1.82, 2.24) is 4.90 Å². The molecular weight excluding hydrogens is 202 g/mol. The van der Waals surface area contributed by atoms with Gasteiger partial charge in [-0.25, -0.2) is 0 Å². The number of aliphatic hydroxyl groups excluding tert-OH is 1. The Morgan fingerprint density at radius 2 is 2.12 bits per heavy atom. The Morgan fingerprint density at radius 3 is 2.81 bits per heavy atom. The van der Waals surface area contributed by atoms with Crippen LogP contribution in [0.5, 0.6) is 0 Å². The molecular formula is C13H19NO2. The molecule has 16 heavy (non-hydrogen) atoms. The standard InChI is InChI=1S/C13H19NO2/c1-11-10-16-13(9-15)8-14(11)7-12-5-3-2-4-6-12/h2-6,11,13,15H,7-10H2,1H3/t11-,13?/m0/s1. The Bertz CT molecular complexity index is 315. The summed E-state index contributed by atoms with van der Waals surface area (Å²) in [6.07, 6.45) is -0.0279. The molecule has 1 fully saturated rings. The minimum Gasteiger partial charge on any atom is -0.394 e. The van der Waals surface area contributed by atoms with Crippen LogP contribution in [-0.2, 0) is 11.3 Å². The zero-order valence-electron chi connectivity index (χ0n) is 9.67. The summed E-state index contributed by atoms with van der Waals surface area (Å²) in [6, 6.07) is 10.8. The highest BCUT2D eigenvalue weighted by molar-refractivity contribution is 5.14. The zero-order valence-corrected chi connectivity index (χ0v) is 9.67. The first-order chi connectivity index (χ1) is 7.79. The second kappa shape index (κ2) is 5.43. The molecule has 1 heterocycles. The van der Waals surface area contributed by atoms with Crippen LogP contribution < -0.4 is 0 Å². The molecule has 0 bridgehead atoms. The van der Waals surface area contributed by atoms with Gasteiger partial charge in [-0.3, -0.25) is 4.90 Å². The number of aliphatic hydroxyl groups is 1. The monoisotopic (exact) mass is 221 g/mol. The Labute approximate surface area is 96.6 Å². The van der Waals surface area contributed by atoms with Crippen molar-refractivity contribution in [2.45, 2.75) is 25.6 Å². The fourth-order valence-electron chi connectivity index (χ4n) is 2.02. The fourth-order valence-corrected chi connectivity index (χ4v) is 2.02. The first kappa shape index (κ1) is 11.6. The number of rotatable bonds is 3. The van der Waals surface area contributed by atoms with Gasteiger partial charge in [0.1, 0.15) is 0 Å². The van der Waals surface area contributed by atoms with E-state index >= 15 is 0 Å². The summed E-state index contributed by atoms with van der Waals surface area (Å²) in [4.78, 5) is 2.36. The molecule has 1 aliphatic heterocycles. The SMILES string of the molecule is C[C@H]1COC(CO)CN1Cc1ccccc1. The summed E-state index contributed by atoms with van der Waals surface area (Å²) in [5.74, 6) is 0. The van der Waals surface area contributed by atoms with Crippen molar-refractivity contribution in [2.75, 3.05) is 19.8 Å². The predicted octanol–water partition coefficient (Wildman–Crippen LogP) is 1.27. The van der Waals surface area contributed by atoms with Gasteiger partial charge in [-0.15, -0.1) is 0 Å². The summed E-state index contributed by atoms with van der Waals surface area (Å²) in [5.41, 5.74) is 1.31. The van der Waals surface area contributed by atoms with E-state index in [-0.39, 0.29) is 12.7 Å². The van der Waals surface area contributed by atoms with Crippen LogP contribution in [0.1, 0.15) is 12.5 Å². The fraction of sp³-hybridized carbons (Fsp3) is 0.538. The molecule has 1 unspecified atom stereocenters. The molecule has 2 atom stereocenters. The number of ether oxygens (including phenoxy) is 1. The lowest BCUT2D eigenvalue weighted by Crippen LogP contribution is -2.48. The molecule has 1 saturated heterocycles. The second-order valence-electron chi connectivity index (χ2n) is 4.40. The Kier molecular flexibility index (Phi) is 3.93. The van der Waals surface area contributed by atoms with E-state index in [1.807, 2.05) is 6.07 Å². The van der Waals surface area contributed by atoms with Crippen molar-refractivity contribution in [2.24, 2.45) is 0 Å². The first-order valence-electron chi connectivity index (χ1n) is 5.80. The largest absolute Gasteiger partial charge is 0.394 e. The third-order valence-electron chi connectivity index (χ3n) is 3.07. The van der Waals surface area contributed by atoms with Gasteiger partial charge >= 0.3 is 0 Å². The van der Waals surface area contributed by atoms with Crippen LogP contribution >= 0.6 is 0 Å². The van der Waals surface area contributed by atoms with Gasteiger partial charge in [0, 0.05) is 19.1 Å². The molecule has 88 valence electrons. The maximum absolute atomic E-state index is 9.11. The van der Waals surface area contributed by atoms with E-state index in [9.17, 15) is 0 Å². The highest BCUT2D eigenvalue weighted by Crippen LogP contribution is 2.15. The van der Waals surface area contributed by atoms with Gasteiger partial charge in [0.25, 0.3) is 0 Å². The van der Waals surface area contributed by atoms with Gasteiger partial charge in [0.15, 0.2) is 0 Å². The van der Waals surface area contributed by atoms with E-state index in [4.69, 9.17) is 9.84 Å². The van der Waals surface area contributed by atoms with E-state index in [0.29, 0.717) is 12.6 Å². The average molecular weight is 221 g/mol. The molecule has 0 saturated carbocycles. The summed E-state index contributed by atoms with van der Waals surface area (Å²) < 4.78 is 5.52. The minimum absolute atomic E-state index is 0.0279. The predicted molar refractivity (Wildman–Crippen MR) is 63.1 cm³/mol. The number of benzene rings is 1. The van der Waals surface area contributed by atoms with Crippen LogP contribution in [-0.4, -0.2) is 41.9 Å². The van der Waals surface area contributed by atoms with Gasteiger partial charge in [0.05, 0.1) is 19.3 Å². The average Bonchev–Trinajstić information content (AvgIpc) is 2.33. The lowest BCUT2D eigenvalue weighted by Gasteiger charge is -2.37. The Hall–Kier alpha value is -0.900. The lowest BCUT2D eigenvalue weighted by molar-refractivity contribution is -0.0805. The third kappa shape index (κ3) is 2.82. The van der Waals surface area contributed by atoms with Gasteiger partial charge in [-0.1, -0.05) is 30.3 Å². The van der Waals surface area contributed by atoms with Crippen LogP contribution in [0.2, 0.25) is 0 Å². The zero-order chi connectivity index (χ0) is 11.4. The molecule has 0 aliphatic carbocycles. The van der Waals surface area contributed by atoms with E-state index in [0.717, 1.165) is 13.1 Å². The normalized spacial score (nSPS) is 26.9. The topological polar surface area (TPSA) is 32.7 Å². The summed E-state index contributed by atoms with van der Waals surface area (Å²) in [6.45, 7) is 4.72. The molecule has 3 nitrogen and oxygen atoms in total. The van der Waals surface area contributed by atoms with Crippen molar-refractivity contribution in [3.05, 3.63) is 35.9 Å². The maximum Gasteiger partial charge on any atom is 0.0933 e. The summed E-state index contributed by atoms with van der Waals surface area (Å²) in [7, 11) is 0. The molecule has 0 amide bonds. The van der Waals surface area contributed by atoms with Crippen molar-refractivity contribution >= 4 is 0 Å². The smallest absolute Gasteiger partial charge is 0.0933 e. The summed E-state index contributed by atoms with van der Waals surface area (Å²) >= 11 is 0. The summed E-state index contributed by atoms with van der Waals surface area (Å²) in [5, 5.41) is 9.11. The van der Waals surface area contributed by atoms with Crippen molar-refractivity contribution in [3.8, 4) is 0 Å². The molecule has 0 aromatic heterocycles. The number of nitrogens with zero attached hydrogens (tertiary/aromatic N) is 1. The van der Waals surface area contributed by atoms with Gasteiger partial charge in [-0.05, 0) is 12.5 Å². The molecule has 0 spiro atoms. The van der Waals surface area contributed by atoms with E-state index in [2.05, 4.69) is 36.1 Å². The van der Waals surface area contributed by atoms with Gasteiger partial charge in [0.2, 0.25) is 0 Å². The lowest BCUT2D eigenvalue weighted by atomic mass is 10.1.